The van der Waals surface area contributed by atoms with Crippen LogP contribution in [0.2, 0.25) is 0 Å². The second kappa shape index (κ2) is 12.5. The van der Waals surface area contributed by atoms with Gasteiger partial charge in [-0.2, -0.15) is 0 Å². The smallest absolute Gasteiger partial charge is 0.188 e. The van der Waals surface area contributed by atoms with Crippen molar-refractivity contribution < 1.29 is 4.74 Å². The van der Waals surface area contributed by atoms with E-state index in [4.69, 9.17) is 10.5 Å². The Balaban J connectivity index is 0.00000400. The van der Waals surface area contributed by atoms with Crippen molar-refractivity contribution in [3.63, 3.8) is 0 Å². The van der Waals surface area contributed by atoms with Crippen LogP contribution >= 0.6 is 24.0 Å². The molecular formula is C15H33IN4O. The third-order valence-corrected chi connectivity index (χ3v) is 3.94. The summed E-state index contributed by atoms with van der Waals surface area (Å²) in [6.45, 7) is 12.1. The first-order valence-electron chi connectivity index (χ1n) is 7.99. The van der Waals surface area contributed by atoms with Crippen LogP contribution in [0, 0.1) is 5.92 Å². The Morgan fingerprint density at radius 1 is 1.43 bits per heavy atom. The monoisotopic (exact) mass is 412 g/mol. The van der Waals surface area contributed by atoms with Crippen molar-refractivity contribution in [3.8, 4) is 0 Å². The molecule has 126 valence electrons. The normalized spacial score (nSPS) is 19.1. The number of nitrogens with two attached hydrogens (primary N) is 1. The lowest BCUT2D eigenvalue weighted by Crippen LogP contribution is -2.42. The molecule has 1 aliphatic heterocycles. The molecule has 6 heteroatoms. The van der Waals surface area contributed by atoms with Crippen molar-refractivity contribution in [2.75, 3.05) is 39.4 Å². The van der Waals surface area contributed by atoms with Gasteiger partial charge in [0.05, 0.1) is 6.54 Å². The van der Waals surface area contributed by atoms with E-state index < -0.39 is 0 Å². The van der Waals surface area contributed by atoms with Crippen molar-refractivity contribution in [3.05, 3.63) is 0 Å². The second-order valence-electron chi connectivity index (χ2n) is 5.77. The third kappa shape index (κ3) is 9.52. The van der Waals surface area contributed by atoms with Crippen molar-refractivity contribution in [1.82, 2.24) is 10.2 Å². The fraction of sp³-hybridized carbons (Fsp3) is 0.933. The van der Waals surface area contributed by atoms with Crippen molar-refractivity contribution >= 4 is 29.9 Å². The van der Waals surface area contributed by atoms with Crippen molar-refractivity contribution in [2.24, 2.45) is 16.6 Å². The lowest BCUT2D eigenvalue weighted by molar-refractivity contribution is 0.145. The Bertz CT molecular complexity index is 281. The van der Waals surface area contributed by atoms with E-state index in [2.05, 4.69) is 29.1 Å². The van der Waals surface area contributed by atoms with Gasteiger partial charge < -0.3 is 15.8 Å². The van der Waals surface area contributed by atoms with Crippen LogP contribution in [-0.2, 0) is 4.74 Å². The van der Waals surface area contributed by atoms with E-state index in [1.54, 1.807) is 0 Å². The number of likely N-dealkylation sites (tertiary alicyclic amines) is 1. The Morgan fingerprint density at radius 3 is 2.71 bits per heavy atom. The highest BCUT2D eigenvalue weighted by molar-refractivity contribution is 14.0. The Morgan fingerprint density at radius 2 is 2.10 bits per heavy atom. The van der Waals surface area contributed by atoms with Gasteiger partial charge in [0.15, 0.2) is 5.96 Å². The maximum atomic E-state index is 5.87. The van der Waals surface area contributed by atoms with Crippen LogP contribution in [0.1, 0.15) is 40.0 Å². The van der Waals surface area contributed by atoms with Crippen LogP contribution in [0.5, 0.6) is 0 Å². The van der Waals surface area contributed by atoms with Gasteiger partial charge in [0.1, 0.15) is 0 Å². The Kier molecular flexibility index (Phi) is 12.4. The van der Waals surface area contributed by atoms with Crippen LogP contribution < -0.4 is 11.1 Å². The zero-order valence-electron chi connectivity index (χ0n) is 13.8. The quantitative estimate of drug-likeness (QED) is 0.277. The van der Waals surface area contributed by atoms with Gasteiger partial charge in [0, 0.05) is 25.8 Å². The topological polar surface area (TPSA) is 62.9 Å². The minimum Gasteiger partial charge on any atom is -0.382 e. The van der Waals surface area contributed by atoms with Gasteiger partial charge in [-0.15, -0.1) is 24.0 Å². The average molecular weight is 412 g/mol. The maximum absolute atomic E-state index is 5.87. The van der Waals surface area contributed by atoms with E-state index in [-0.39, 0.29) is 24.0 Å². The molecule has 1 atom stereocenters. The number of hydrogen-bond donors (Lipinski definition) is 2. The minimum atomic E-state index is 0. The fourth-order valence-electron chi connectivity index (χ4n) is 2.41. The molecule has 1 unspecified atom stereocenters. The molecule has 1 aliphatic rings. The molecule has 0 aromatic rings. The van der Waals surface area contributed by atoms with Crippen molar-refractivity contribution in [1.29, 1.82) is 0 Å². The van der Waals surface area contributed by atoms with Gasteiger partial charge in [-0.25, -0.2) is 0 Å². The molecule has 1 fully saturated rings. The molecule has 0 aromatic heterocycles. The number of aliphatic imine (C=N–C) groups is 1. The highest BCUT2D eigenvalue weighted by atomic mass is 127. The van der Waals surface area contributed by atoms with E-state index in [1.165, 1.54) is 25.9 Å². The summed E-state index contributed by atoms with van der Waals surface area (Å²) in [6.07, 6.45) is 3.57. The summed E-state index contributed by atoms with van der Waals surface area (Å²) < 4.78 is 5.27. The summed E-state index contributed by atoms with van der Waals surface area (Å²) in [4.78, 5) is 6.96. The second-order valence-corrected chi connectivity index (χ2v) is 5.77. The van der Waals surface area contributed by atoms with Crippen LogP contribution in [0.15, 0.2) is 4.99 Å². The van der Waals surface area contributed by atoms with Crippen LogP contribution in [0.3, 0.4) is 0 Å². The molecule has 5 nitrogen and oxygen atoms in total. The highest BCUT2D eigenvalue weighted by Gasteiger charge is 2.19. The number of nitrogens with zero attached hydrogens (tertiary/aromatic N) is 2. The van der Waals surface area contributed by atoms with E-state index in [1.807, 2.05) is 6.92 Å². The predicted octanol–water partition coefficient (Wildman–Crippen LogP) is 2.06. The Hall–Kier alpha value is -0.0800. The molecule has 1 rings (SSSR count). The maximum Gasteiger partial charge on any atom is 0.188 e. The largest absolute Gasteiger partial charge is 0.382 e. The number of ether oxygens (including phenoxy) is 1. The zero-order chi connectivity index (χ0) is 14.8. The molecule has 0 aromatic carbocycles. The van der Waals surface area contributed by atoms with Crippen LogP contribution in [0.4, 0.5) is 0 Å². The minimum absolute atomic E-state index is 0. The summed E-state index contributed by atoms with van der Waals surface area (Å²) in [5, 5.41) is 3.14. The highest BCUT2D eigenvalue weighted by Crippen LogP contribution is 2.17. The first-order valence-corrected chi connectivity index (χ1v) is 7.99. The number of rotatable bonds is 8. The molecule has 0 radical (unpaired) electrons. The summed E-state index contributed by atoms with van der Waals surface area (Å²) >= 11 is 0. The number of hydrogen-bond acceptors (Lipinski definition) is 3. The standard InChI is InChI=1S/C15H32N4O.HI/c1-4-20-11-5-8-17-15(16)18-12-14(3)19-9-6-13(2)7-10-19;/h13-14H,4-12H2,1-3H3,(H3,16,17,18);1H. The van der Waals surface area contributed by atoms with Crippen LogP contribution in [-0.4, -0.2) is 56.3 Å². The molecule has 0 amide bonds. The van der Waals surface area contributed by atoms with E-state index in [0.717, 1.165) is 38.6 Å². The number of nitrogens with one attached hydrogen (secondary N) is 1. The number of halogens is 1. The zero-order valence-corrected chi connectivity index (χ0v) is 16.1. The lowest BCUT2D eigenvalue weighted by atomic mass is 9.98. The van der Waals surface area contributed by atoms with Crippen molar-refractivity contribution in [2.45, 2.75) is 46.1 Å². The fourth-order valence-corrected chi connectivity index (χ4v) is 2.41. The van der Waals surface area contributed by atoms with E-state index >= 15 is 0 Å². The molecule has 1 heterocycles. The van der Waals surface area contributed by atoms with Gasteiger partial charge in [-0.1, -0.05) is 6.92 Å². The molecule has 21 heavy (non-hydrogen) atoms. The molecular weight excluding hydrogens is 379 g/mol. The summed E-state index contributed by atoms with van der Waals surface area (Å²) in [5.41, 5.74) is 5.87. The molecule has 0 saturated carbocycles. The van der Waals surface area contributed by atoms with Crippen LogP contribution in [0.25, 0.3) is 0 Å². The van der Waals surface area contributed by atoms with E-state index in [9.17, 15) is 0 Å². The summed E-state index contributed by atoms with van der Waals surface area (Å²) in [7, 11) is 0. The summed E-state index contributed by atoms with van der Waals surface area (Å²) in [5.74, 6) is 1.43. The van der Waals surface area contributed by atoms with Gasteiger partial charge in [0.25, 0.3) is 0 Å². The average Bonchev–Trinajstić information content (AvgIpc) is 2.45. The first kappa shape index (κ1) is 20.9. The third-order valence-electron chi connectivity index (χ3n) is 3.94. The molecule has 0 bridgehead atoms. The number of guanidine groups is 1. The SMILES string of the molecule is CCOCCCNC(N)=NCC(C)N1CCC(C)CC1.I. The Labute approximate surface area is 147 Å². The van der Waals surface area contributed by atoms with Gasteiger partial charge in [0.2, 0.25) is 0 Å². The summed E-state index contributed by atoms with van der Waals surface area (Å²) in [6, 6.07) is 0.478. The first-order chi connectivity index (χ1) is 9.63. The van der Waals surface area contributed by atoms with E-state index in [0.29, 0.717) is 12.0 Å². The molecule has 3 N–H and O–H groups in total. The molecule has 0 aliphatic carbocycles. The molecule has 1 saturated heterocycles. The van der Waals surface area contributed by atoms with Gasteiger partial charge in [-0.05, 0) is 52.1 Å². The number of piperidine rings is 1. The predicted molar refractivity (Wildman–Crippen MR) is 100 cm³/mol. The van der Waals surface area contributed by atoms with Gasteiger partial charge >= 0.3 is 0 Å². The lowest BCUT2D eigenvalue weighted by Gasteiger charge is -2.34. The van der Waals surface area contributed by atoms with Gasteiger partial charge in [-0.3, -0.25) is 9.89 Å². The molecule has 0 spiro atoms.